The van der Waals surface area contributed by atoms with Gasteiger partial charge >= 0.3 is 5.97 Å². The lowest BCUT2D eigenvalue weighted by Crippen LogP contribution is -2.43. The van der Waals surface area contributed by atoms with Crippen LogP contribution in [0.3, 0.4) is 0 Å². The standard InChI is InChI=1S/C13H22N2O4/c1-8(2)13(3,12(18)19)6-11(17)14-7-9-4-5-10(16)15-9/h8-9H,4-7H2,1-3H3,(H,14,17)(H,15,16)(H,18,19). The summed E-state index contributed by atoms with van der Waals surface area (Å²) in [5.41, 5.74) is -1.07. The number of hydrogen-bond acceptors (Lipinski definition) is 3. The molecule has 0 aromatic heterocycles. The quantitative estimate of drug-likeness (QED) is 0.655. The van der Waals surface area contributed by atoms with E-state index in [-0.39, 0.29) is 30.2 Å². The molecule has 0 aromatic rings. The largest absolute Gasteiger partial charge is 0.481 e. The fourth-order valence-electron chi connectivity index (χ4n) is 1.99. The van der Waals surface area contributed by atoms with E-state index in [0.29, 0.717) is 19.4 Å². The van der Waals surface area contributed by atoms with Crippen LogP contribution in [-0.4, -0.2) is 35.5 Å². The van der Waals surface area contributed by atoms with Crippen molar-refractivity contribution in [2.45, 2.75) is 46.1 Å². The first-order valence-corrected chi connectivity index (χ1v) is 6.55. The van der Waals surface area contributed by atoms with Crippen LogP contribution in [0.25, 0.3) is 0 Å². The molecule has 1 saturated heterocycles. The minimum absolute atomic E-state index is 0.00296. The Balaban J connectivity index is 2.45. The maximum atomic E-state index is 11.8. The molecule has 6 nitrogen and oxygen atoms in total. The molecule has 0 spiro atoms. The van der Waals surface area contributed by atoms with E-state index in [1.165, 1.54) is 0 Å². The second kappa shape index (κ2) is 6.04. The van der Waals surface area contributed by atoms with Crippen molar-refractivity contribution in [3.63, 3.8) is 0 Å². The summed E-state index contributed by atoms with van der Waals surface area (Å²) in [6.45, 7) is 5.52. The smallest absolute Gasteiger partial charge is 0.310 e. The molecule has 0 aliphatic carbocycles. The highest BCUT2D eigenvalue weighted by Gasteiger charge is 2.38. The molecule has 6 heteroatoms. The first kappa shape index (κ1) is 15.5. The van der Waals surface area contributed by atoms with E-state index >= 15 is 0 Å². The third-order valence-electron chi connectivity index (χ3n) is 3.92. The Bertz CT molecular complexity index is 381. The average Bonchev–Trinajstić information content (AvgIpc) is 2.72. The molecule has 0 aromatic carbocycles. The number of carbonyl (C=O) groups is 3. The lowest BCUT2D eigenvalue weighted by molar-refractivity contribution is -0.153. The van der Waals surface area contributed by atoms with Crippen LogP contribution in [0.2, 0.25) is 0 Å². The maximum Gasteiger partial charge on any atom is 0.310 e. The van der Waals surface area contributed by atoms with Crippen LogP contribution < -0.4 is 10.6 Å². The molecule has 0 radical (unpaired) electrons. The van der Waals surface area contributed by atoms with Crippen LogP contribution in [0.15, 0.2) is 0 Å². The second-order valence-corrected chi connectivity index (χ2v) is 5.66. The molecule has 1 rings (SSSR count). The molecular formula is C13H22N2O4. The Morgan fingerprint density at radius 1 is 1.53 bits per heavy atom. The van der Waals surface area contributed by atoms with Gasteiger partial charge in [0.1, 0.15) is 0 Å². The van der Waals surface area contributed by atoms with Gasteiger partial charge in [-0.3, -0.25) is 14.4 Å². The third kappa shape index (κ3) is 3.94. The number of rotatable bonds is 6. The Morgan fingerprint density at radius 3 is 2.58 bits per heavy atom. The van der Waals surface area contributed by atoms with Gasteiger partial charge in [-0.15, -0.1) is 0 Å². The van der Waals surface area contributed by atoms with Gasteiger partial charge < -0.3 is 15.7 Å². The maximum absolute atomic E-state index is 11.8. The van der Waals surface area contributed by atoms with E-state index in [2.05, 4.69) is 10.6 Å². The van der Waals surface area contributed by atoms with Crippen molar-refractivity contribution in [2.24, 2.45) is 11.3 Å². The highest BCUT2D eigenvalue weighted by Crippen LogP contribution is 2.31. The highest BCUT2D eigenvalue weighted by atomic mass is 16.4. The molecule has 2 atom stereocenters. The normalized spacial score (nSPS) is 21.9. The summed E-state index contributed by atoms with van der Waals surface area (Å²) in [5.74, 6) is -1.40. The van der Waals surface area contributed by atoms with Gasteiger partial charge in [-0.05, 0) is 19.3 Å². The summed E-state index contributed by atoms with van der Waals surface area (Å²) in [4.78, 5) is 34.1. The molecule has 0 bridgehead atoms. The van der Waals surface area contributed by atoms with Crippen LogP contribution in [0.1, 0.15) is 40.0 Å². The van der Waals surface area contributed by atoms with Gasteiger partial charge in [0.25, 0.3) is 0 Å². The van der Waals surface area contributed by atoms with Crippen molar-refractivity contribution in [3.8, 4) is 0 Å². The van der Waals surface area contributed by atoms with Gasteiger partial charge in [0, 0.05) is 25.4 Å². The monoisotopic (exact) mass is 270 g/mol. The molecule has 0 saturated carbocycles. The third-order valence-corrected chi connectivity index (χ3v) is 3.92. The molecule has 2 unspecified atom stereocenters. The fraction of sp³-hybridized carbons (Fsp3) is 0.769. The lowest BCUT2D eigenvalue weighted by Gasteiger charge is -2.28. The van der Waals surface area contributed by atoms with Gasteiger partial charge in [-0.2, -0.15) is 0 Å². The van der Waals surface area contributed by atoms with Crippen molar-refractivity contribution < 1.29 is 19.5 Å². The first-order valence-electron chi connectivity index (χ1n) is 6.55. The topological polar surface area (TPSA) is 95.5 Å². The minimum Gasteiger partial charge on any atom is -0.481 e. The zero-order chi connectivity index (χ0) is 14.6. The van der Waals surface area contributed by atoms with E-state index in [1.807, 2.05) is 0 Å². The second-order valence-electron chi connectivity index (χ2n) is 5.66. The van der Waals surface area contributed by atoms with E-state index < -0.39 is 11.4 Å². The Labute approximate surface area is 112 Å². The highest BCUT2D eigenvalue weighted by molar-refractivity contribution is 5.85. The summed E-state index contributed by atoms with van der Waals surface area (Å²) in [6, 6.07) is -0.0356. The van der Waals surface area contributed by atoms with Gasteiger partial charge in [0.05, 0.1) is 5.41 Å². The van der Waals surface area contributed by atoms with Crippen molar-refractivity contribution in [3.05, 3.63) is 0 Å². The zero-order valence-corrected chi connectivity index (χ0v) is 11.7. The Morgan fingerprint density at radius 2 is 2.16 bits per heavy atom. The van der Waals surface area contributed by atoms with Crippen LogP contribution >= 0.6 is 0 Å². The van der Waals surface area contributed by atoms with Gasteiger partial charge in [-0.1, -0.05) is 13.8 Å². The number of amides is 2. The van der Waals surface area contributed by atoms with E-state index in [1.54, 1.807) is 20.8 Å². The predicted octanol–water partition coefficient (Wildman–Crippen LogP) is 0.518. The number of carboxylic acids is 1. The van der Waals surface area contributed by atoms with Gasteiger partial charge in [0.15, 0.2) is 0 Å². The fourth-order valence-corrected chi connectivity index (χ4v) is 1.99. The SMILES string of the molecule is CC(C)C(C)(CC(=O)NCC1CCC(=O)N1)C(=O)O. The first-order chi connectivity index (χ1) is 8.75. The Kier molecular flexibility index (Phi) is 4.91. The number of aliphatic carboxylic acids is 1. The van der Waals surface area contributed by atoms with Crippen molar-refractivity contribution >= 4 is 17.8 Å². The summed E-state index contributed by atoms with van der Waals surface area (Å²) in [7, 11) is 0. The summed E-state index contributed by atoms with van der Waals surface area (Å²) < 4.78 is 0. The number of carboxylic acid groups (broad SMARTS) is 1. The Hall–Kier alpha value is -1.59. The summed E-state index contributed by atoms with van der Waals surface area (Å²) in [6.07, 6.45) is 1.14. The van der Waals surface area contributed by atoms with Crippen LogP contribution in [0, 0.1) is 11.3 Å². The average molecular weight is 270 g/mol. The molecule has 1 aliphatic rings. The van der Waals surface area contributed by atoms with Crippen molar-refractivity contribution in [1.82, 2.24) is 10.6 Å². The molecular weight excluding hydrogens is 248 g/mol. The van der Waals surface area contributed by atoms with Crippen molar-refractivity contribution in [1.29, 1.82) is 0 Å². The summed E-state index contributed by atoms with van der Waals surface area (Å²) >= 11 is 0. The molecule has 19 heavy (non-hydrogen) atoms. The van der Waals surface area contributed by atoms with Gasteiger partial charge in [-0.25, -0.2) is 0 Å². The molecule has 3 N–H and O–H groups in total. The molecule has 108 valence electrons. The molecule has 1 heterocycles. The van der Waals surface area contributed by atoms with Crippen LogP contribution in [-0.2, 0) is 14.4 Å². The predicted molar refractivity (Wildman–Crippen MR) is 69.4 cm³/mol. The number of carbonyl (C=O) groups excluding carboxylic acids is 2. The number of nitrogens with one attached hydrogen (secondary N) is 2. The lowest BCUT2D eigenvalue weighted by atomic mass is 9.76. The minimum atomic E-state index is -1.07. The van der Waals surface area contributed by atoms with Gasteiger partial charge in [0.2, 0.25) is 11.8 Å². The van der Waals surface area contributed by atoms with Crippen LogP contribution in [0.4, 0.5) is 0 Å². The number of hydrogen-bond donors (Lipinski definition) is 3. The molecule has 2 amide bonds. The van der Waals surface area contributed by atoms with Crippen molar-refractivity contribution in [2.75, 3.05) is 6.54 Å². The van der Waals surface area contributed by atoms with E-state index in [0.717, 1.165) is 0 Å². The zero-order valence-electron chi connectivity index (χ0n) is 11.7. The van der Waals surface area contributed by atoms with Crippen LogP contribution in [0.5, 0.6) is 0 Å². The van der Waals surface area contributed by atoms with E-state index in [4.69, 9.17) is 0 Å². The summed E-state index contributed by atoms with van der Waals surface area (Å²) in [5, 5.41) is 14.7. The molecule has 1 aliphatic heterocycles. The van der Waals surface area contributed by atoms with E-state index in [9.17, 15) is 19.5 Å². The molecule has 1 fully saturated rings.